The first-order valence-corrected chi connectivity index (χ1v) is 14.1. The Morgan fingerprint density at radius 1 is 0.974 bits per heavy atom. The molecule has 1 atom stereocenters. The van der Waals surface area contributed by atoms with Crippen LogP contribution in [0.25, 0.3) is 0 Å². The quantitative estimate of drug-likeness (QED) is 0.248. The van der Waals surface area contributed by atoms with Gasteiger partial charge in [-0.05, 0) is 25.3 Å². The van der Waals surface area contributed by atoms with Crippen LogP contribution in [0.15, 0.2) is 39.9 Å². The van der Waals surface area contributed by atoms with Gasteiger partial charge < -0.3 is 19.9 Å². The number of nitrogens with zero attached hydrogens (tertiary/aromatic N) is 3. The maximum Gasteiger partial charge on any atom is 0.329 e. The molecule has 0 saturated carbocycles. The van der Waals surface area contributed by atoms with Gasteiger partial charge in [-0.15, -0.1) is 0 Å². The molecule has 3 rings (SSSR count). The van der Waals surface area contributed by atoms with Gasteiger partial charge in [-0.1, -0.05) is 68.9 Å². The monoisotopic (exact) mass is 541 g/mol. The van der Waals surface area contributed by atoms with Crippen LogP contribution in [-0.2, 0) is 27.8 Å². The Labute approximate surface area is 230 Å². The number of unbranched alkanes of at least 4 members (excludes halogenated alkanes) is 7. The Morgan fingerprint density at radius 3 is 2.28 bits per heavy atom. The molecule has 1 amide bonds. The van der Waals surface area contributed by atoms with Crippen molar-refractivity contribution < 1.29 is 14.3 Å². The van der Waals surface area contributed by atoms with Gasteiger partial charge >= 0.3 is 11.7 Å². The minimum Gasteiger partial charge on any atom is -0.464 e. The van der Waals surface area contributed by atoms with Crippen LogP contribution in [0.1, 0.15) is 70.3 Å². The van der Waals surface area contributed by atoms with Crippen molar-refractivity contribution in [3.63, 3.8) is 0 Å². The van der Waals surface area contributed by atoms with Crippen molar-refractivity contribution in [2.24, 2.45) is 7.05 Å². The molecule has 1 aromatic heterocycles. The number of fused-ring (bicyclic) bond motifs is 1. The van der Waals surface area contributed by atoms with E-state index in [1.807, 2.05) is 42.3 Å². The highest BCUT2D eigenvalue weighted by atomic mass is 16.5. The Balaban J connectivity index is 1.27. The molecule has 1 unspecified atom stereocenters. The fourth-order valence-corrected chi connectivity index (χ4v) is 5.07. The third-order valence-corrected chi connectivity index (χ3v) is 7.10. The van der Waals surface area contributed by atoms with Crippen molar-refractivity contribution in [2.45, 2.75) is 77.2 Å². The summed E-state index contributed by atoms with van der Waals surface area (Å²) in [6.45, 7) is 3.46. The Morgan fingerprint density at radius 2 is 1.62 bits per heavy atom. The number of nitrogens with one attached hydrogen (secondary N) is 2. The van der Waals surface area contributed by atoms with Crippen LogP contribution in [0.5, 0.6) is 0 Å². The van der Waals surface area contributed by atoms with Crippen molar-refractivity contribution in [1.82, 2.24) is 14.9 Å². The second-order valence-corrected chi connectivity index (χ2v) is 10.2. The number of hydrogen-bond donors (Lipinski definition) is 2. The lowest BCUT2D eigenvalue weighted by atomic mass is 10.0. The van der Waals surface area contributed by atoms with E-state index in [0.29, 0.717) is 31.0 Å². The zero-order valence-electron chi connectivity index (χ0n) is 23.5. The summed E-state index contributed by atoms with van der Waals surface area (Å²) in [6, 6.07) is 8.96. The van der Waals surface area contributed by atoms with E-state index < -0.39 is 12.0 Å². The van der Waals surface area contributed by atoms with Gasteiger partial charge in [0.2, 0.25) is 5.91 Å². The number of ether oxygens (including phenoxy) is 1. The fraction of sp³-hybridized carbons (Fsp3) is 0.586. The maximum absolute atomic E-state index is 12.5. The van der Waals surface area contributed by atoms with Gasteiger partial charge in [0.15, 0.2) is 0 Å². The average Bonchev–Trinajstić information content (AvgIpc) is 3.25. The van der Waals surface area contributed by atoms with Gasteiger partial charge in [0, 0.05) is 33.5 Å². The van der Waals surface area contributed by atoms with Gasteiger partial charge in [0.25, 0.3) is 5.56 Å². The lowest BCUT2D eigenvalue weighted by Crippen LogP contribution is -2.43. The standard InChI is InChI=1S/C29H43N5O5/c1-4-39-28(37)23(20-22-16-12-11-13-17-22)30-24(35)18-14-9-7-5-6-8-10-15-19-34-21-32(2)25-26(36)31-29(38)33(3)27(25)34/h11-13,16-17,23H,4-10,14-15,18-21H2,1-3H3,(H,30,35)(H,31,36,38). The number of H-pyrrole nitrogens is 1. The highest BCUT2D eigenvalue weighted by Crippen LogP contribution is 2.29. The summed E-state index contributed by atoms with van der Waals surface area (Å²) in [7, 11) is 3.56. The largest absolute Gasteiger partial charge is 0.464 e. The van der Waals surface area contributed by atoms with Crippen LogP contribution in [-0.4, -0.2) is 54.3 Å². The number of benzene rings is 1. The molecule has 10 heteroatoms. The second-order valence-electron chi connectivity index (χ2n) is 10.2. The van der Waals surface area contributed by atoms with E-state index in [0.717, 1.165) is 63.5 Å². The number of esters is 1. The molecule has 0 bridgehead atoms. The molecular weight excluding hydrogens is 498 g/mol. The number of rotatable bonds is 16. The van der Waals surface area contributed by atoms with Crippen LogP contribution in [0.2, 0.25) is 0 Å². The average molecular weight is 542 g/mol. The molecule has 39 heavy (non-hydrogen) atoms. The summed E-state index contributed by atoms with van der Waals surface area (Å²) in [4.78, 5) is 55.3. The maximum atomic E-state index is 12.5. The van der Waals surface area contributed by atoms with Crippen LogP contribution in [0, 0.1) is 0 Å². The third-order valence-electron chi connectivity index (χ3n) is 7.10. The molecule has 0 aliphatic carbocycles. The number of aromatic nitrogens is 2. The first-order valence-electron chi connectivity index (χ1n) is 14.1. The van der Waals surface area contributed by atoms with Crippen LogP contribution in [0.4, 0.5) is 11.5 Å². The van der Waals surface area contributed by atoms with Crippen LogP contribution in [0.3, 0.4) is 0 Å². The molecule has 0 radical (unpaired) electrons. The number of aromatic amines is 1. The van der Waals surface area contributed by atoms with Gasteiger partial charge in [0.05, 0.1) is 13.3 Å². The highest BCUT2D eigenvalue weighted by molar-refractivity contribution is 5.84. The van der Waals surface area contributed by atoms with Gasteiger partial charge in [-0.2, -0.15) is 0 Å². The molecule has 10 nitrogen and oxygen atoms in total. The van der Waals surface area contributed by atoms with E-state index >= 15 is 0 Å². The first kappa shape index (κ1) is 30.0. The summed E-state index contributed by atoms with van der Waals surface area (Å²) in [5.41, 5.74) is 0.816. The molecule has 214 valence electrons. The van der Waals surface area contributed by atoms with Crippen LogP contribution < -0.4 is 26.4 Å². The van der Waals surface area contributed by atoms with E-state index in [4.69, 9.17) is 4.74 Å². The fourth-order valence-electron chi connectivity index (χ4n) is 5.07. The van der Waals surface area contributed by atoms with Gasteiger partial charge in [-0.25, -0.2) is 9.59 Å². The van der Waals surface area contributed by atoms with Crippen molar-refractivity contribution in [2.75, 3.05) is 36.7 Å². The highest BCUT2D eigenvalue weighted by Gasteiger charge is 2.29. The number of amides is 1. The summed E-state index contributed by atoms with van der Waals surface area (Å²) >= 11 is 0. The molecule has 0 spiro atoms. The molecule has 2 heterocycles. The predicted octanol–water partition coefficient (Wildman–Crippen LogP) is 3.09. The zero-order chi connectivity index (χ0) is 28.2. The lowest BCUT2D eigenvalue weighted by molar-refractivity contribution is -0.147. The Bertz CT molecular complexity index is 1190. The summed E-state index contributed by atoms with van der Waals surface area (Å²) < 4.78 is 6.67. The Kier molecular flexibility index (Phi) is 11.6. The minimum absolute atomic E-state index is 0.113. The van der Waals surface area contributed by atoms with Crippen molar-refractivity contribution in [3.05, 3.63) is 56.7 Å². The van der Waals surface area contributed by atoms with Crippen molar-refractivity contribution in [1.29, 1.82) is 0 Å². The molecule has 2 aromatic rings. The van der Waals surface area contributed by atoms with Crippen molar-refractivity contribution in [3.8, 4) is 0 Å². The lowest BCUT2D eigenvalue weighted by Gasteiger charge is -2.20. The van der Waals surface area contributed by atoms with Crippen LogP contribution >= 0.6 is 0 Å². The van der Waals surface area contributed by atoms with E-state index in [1.54, 1.807) is 14.0 Å². The summed E-state index contributed by atoms with van der Waals surface area (Å²) in [5.74, 6) is 0.190. The second kappa shape index (κ2) is 15.1. The molecular formula is C29H43N5O5. The van der Waals surface area contributed by atoms with E-state index in [9.17, 15) is 19.2 Å². The topological polar surface area (TPSA) is 117 Å². The minimum atomic E-state index is -0.667. The summed E-state index contributed by atoms with van der Waals surface area (Å²) in [5, 5.41) is 2.86. The van der Waals surface area contributed by atoms with Crippen molar-refractivity contribution >= 4 is 23.4 Å². The van der Waals surface area contributed by atoms with E-state index in [2.05, 4.69) is 15.2 Å². The summed E-state index contributed by atoms with van der Waals surface area (Å²) in [6.07, 6.45) is 9.17. The third kappa shape index (κ3) is 8.73. The SMILES string of the molecule is CCOC(=O)C(Cc1ccccc1)NC(=O)CCCCCCCCCCN1CN(C)c2c1n(C)c(=O)[nH]c2=O. The molecule has 1 aromatic carbocycles. The molecule has 0 fully saturated rings. The predicted molar refractivity (Wildman–Crippen MR) is 153 cm³/mol. The number of anilines is 2. The normalized spacial score (nSPS) is 13.3. The molecule has 1 aliphatic rings. The first-order chi connectivity index (χ1) is 18.8. The molecule has 2 N–H and O–H groups in total. The smallest absolute Gasteiger partial charge is 0.329 e. The zero-order valence-corrected chi connectivity index (χ0v) is 23.5. The van der Waals surface area contributed by atoms with Gasteiger partial charge in [0.1, 0.15) is 17.5 Å². The number of carbonyl (C=O) groups is 2. The van der Waals surface area contributed by atoms with E-state index in [-0.39, 0.29) is 23.8 Å². The van der Waals surface area contributed by atoms with E-state index in [1.165, 1.54) is 4.57 Å². The number of carbonyl (C=O) groups excluding carboxylic acids is 2. The van der Waals surface area contributed by atoms with Gasteiger partial charge in [-0.3, -0.25) is 19.1 Å². The molecule has 0 saturated heterocycles. The number of hydrogen-bond acceptors (Lipinski definition) is 7. The molecule has 1 aliphatic heterocycles. The Hall–Kier alpha value is -3.56.